The summed E-state index contributed by atoms with van der Waals surface area (Å²) in [4.78, 5) is 34.5. The first-order valence-corrected chi connectivity index (χ1v) is 13.2. The lowest BCUT2D eigenvalue weighted by Gasteiger charge is -2.25. The van der Waals surface area contributed by atoms with Gasteiger partial charge in [0, 0.05) is 20.8 Å². The summed E-state index contributed by atoms with van der Waals surface area (Å²) in [5.41, 5.74) is 2.91. The summed E-state index contributed by atoms with van der Waals surface area (Å²) in [6.07, 6.45) is 0.790. The minimum Gasteiger partial charge on any atom is -0.437 e. The summed E-state index contributed by atoms with van der Waals surface area (Å²) in [6.45, 7) is 2.12. The van der Waals surface area contributed by atoms with Crippen LogP contribution >= 0.6 is 22.9 Å². The number of para-hydroxylation sites is 1. The lowest BCUT2D eigenvalue weighted by atomic mass is 9.89. The lowest BCUT2D eigenvalue weighted by molar-refractivity contribution is -0.115. The lowest BCUT2D eigenvalue weighted by Crippen LogP contribution is -2.26. The van der Waals surface area contributed by atoms with Crippen molar-refractivity contribution >= 4 is 44.6 Å². The molecule has 1 amide bonds. The second-order valence-corrected chi connectivity index (χ2v) is 10.3. The average molecular weight is 528 g/mol. The maximum absolute atomic E-state index is 13.5. The number of amides is 1. The van der Waals surface area contributed by atoms with Crippen molar-refractivity contribution in [2.24, 2.45) is 0 Å². The first-order chi connectivity index (χ1) is 18.0. The summed E-state index contributed by atoms with van der Waals surface area (Å²) < 4.78 is 7.49. The maximum Gasteiger partial charge on any atom is 0.258 e. The van der Waals surface area contributed by atoms with Crippen LogP contribution in [-0.4, -0.2) is 15.9 Å². The van der Waals surface area contributed by atoms with E-state index < -0.39 is 0 Å². The molecule has 1 unspecified atom stereocenters. The molecule has 0 bridgehead atoms. The molecule has 0 fully saturated rings. The number of benzene rings is 3. The molecule has 2 aromatic heterocycles. The number of nitrogens with zero attached hydrogens (tertiary/aromatic N) is 1. The van der Waals surface area contributed by atoms with Gasteiger partial charge in [-0.2, -0.15) is 4.98 Å². The summed E-state index contributed by atoms with van der Waals surface area (Å²) >= 11 is 7.82. The first kappa shape index (κ1) is 23.5. The number of aromatic nitrogens is 2. The third-order valence-corrected chi connectivity index (χ3v) is 8.04. The van der Waals surface area contributed by atoms with E-state index in [4.69, 9.17) is 16.3 Å². The van der Waals surface area contributed by atoms with Crippen molar-refractivity contribution < 1.29 is 9.53 Å². The van der Waals surface area contributed by atoms with E-state index in [1.165, 1.54) is 5.56 Å². The SMILES string of the molecule is CCc1cccc2c3c(sc12)C(c1ccc(Cl)cc1)c1c(nc(CC(=O)Nc2ccccc2)[nH]c1=O)O3. The highest BCUT2D eigenvalue weighted by atomic mass is 35.5. The minimum absolute atomic E-state index is 0.0936. The molecular weight excluding hydrogens is 506 g/mol. The Morgan fingerprint density at radius 1 is 1.08 bits per heavy atom. The molecule has 0 aliphatic carbocycles. The van der Waals surface area contributed by atoms with Gasteiger partial charge in [0.1, 0.15) is 5.82 Å². The van der Waals surface area contributed by atoms with Gasteiger partial charge in [-0.15, -0.1) is 11.3 Å². The molecule has 1 aliphatic rings. The van der Waals surface area contributed by atoms with E-state index in [2.05, 4.69) is 28.3 Å². The number of anilines is 1. The van der Waals surface area contributed by atoms with Crippen LogP contribution in [0.25, 0.3) is 10.1 Å². The fraction of sp³-hybridized carbons (Fsp3) is 0.138. The van der Waals surface area contributed by atoms with Crippen LogP contribution in [0.4, 0.5) is 5.69 Å². The van der Waals surface area contributed by atoms with E-state index in [-0.39, 0.29) is 35.5 Å². The zero-order valence-corrected chi connectivity index (χ0v) is 21.5. The fourth-order valence-corrected chi connectivity index (χ4v) is 6.33. The van der Waals surface area contributed by atoms with E-state index in [0.29, 0.717) is 22.0 Å². The molecule has 2 N–H and O–H groups in total. The number of rotatable bonds is 5. The second kappa shape index (κ2) is 9.50. The first-order valence-electron chi connectivity index (χ1n) is 12.0. The summed E-state index contributed by atoms with van der Waals surface area (Å²) in [6, 6.07) is 22.8. The number of nitrogens with one attached hydrogen (secondary N) is 2. The zero-order chi connectivity index (χ0) is 25.5. The summed E-state index contributed by atoms with van der Waals surface area (Å²) in [5, 5.41) is 4.44. The van der Waals surface area contributed by atoms with Gasteiger partial charge in [0.25, 0.3) is 5.56 Å². The molecule has 0 saturated heterocycles. The van der Waals surface area contributed by atoms with Gasteiger partial charge in [-0.3, -0.25) is 9.59 Å². The summed E-state index contributed by atoms with van der Waals surface area (Å²) in [5.74, 6) is 0.514. The fourth-order valence-electron chi connectivity index (χ4n) is 4.75. The topological polar surface area (TPSA) is 84.1 Å². The molecule has 8 heteroatoms. The smallest absolute Gasteiger partial charge is 0.258 e. The molecule has 3 heterocycles. The van der Waals surface area contributed by atoms with Gasteiger partial charge in [0.2, 0.25) is 11.8 Å². The van der Waals surface area contributed by atoms with Crippen LogP contribution in [0, 0.1) is 0 Å². The molecule has 0 spiro atoms. The number of aryl methyl sites for hydroxylation is 1. The average Bonchev–Trinajstić information content (AvgIpc) is 3.27. The predicted octanol–water partition coefficient (Wildman–Crippen LogP) is 6.67. The van der Waals surface area contributed by atoms with Crippen LogP contribution in [0.1, 0.15) is 40.2 Å². The highest BCUT2D eigenvalue weighted by Gasteiger charge is 2.36. The molecule has 0 saturated carbocycles. The number of hydrogen-bond acceptors (Lipinski definition) is 5. The summed E-state index contributed by atoms with van der Waals surface area (Å²) in [7, 11) is 0. The zero-order valence-electron chi connectivity index (χ0n) is 19.9. The Morgan fingerprint density at radius 3 is 2.62 bits per heavy atom. The molecule has 3 aromatic carbocycles. The van der Waals surface area contributed by atoms with Crippen molar-refractivity contribution in [3.05, 3.63) is 116 Å². The minimum atomic E-state index is -0.374. The third kappa shape index (κ3) is 4.30. The highest BCUT2D eigenvalue weighted by molar-refractivity contribution is 7.19. The number of halogens is 1. The second-order valence-electron chi connectivity index (χ2n) is 8.85. The molecular formula is C29H22ClN3O3S. The van der Waals surface area contributed by atoms with Gasteiger partial charge in [0.15, 0.2) is 5.75 Å². The number of H-pyrrole nitrogens is 1. The third-order valence-electron chi connectivity index (χ3n) is 6.47. The van der Waals surface area contributed by atoms with Gasteiger partial charge in [-0.25, -0.2) is 0 Å². The number of aromatic amines is 1. The van der Waals surface area contributed by atoms with E-state index in [0.717, 1.165) is 26.9 Å². The Bertz CT molecular complexity index is 1690. The van der Waals surface area contributed by atoms with Crippen LogP contribution in [0.15, 0.2) is 77.6 Å². The van der Waals surface area contributed by atoms with Gasteiger partial charge in [-0.1, -0.05) is 61.0 Å². The van der Waals surface area contributed by atoms with E-state index in [1.807, 2.05) is 54.6 Å². The highest BCUT2D eigenvalue weighted by Crippen LogP contribution is 2.53. The predicted molar refractivity (Wildman–Crippen MR) is 147 cm³/mol. The maximum atomic E-state index is 13.5. The van der Waals surface area contributed by atoms with Crippen molar-refractivity contribution in [2.75, 3.05) is 5.32 Å². The number of fused-ring (bicyclic) bond motifs is 4. The van der Waals surface area contributed by atoms with Crippen LogP contribution in [0.5, 0.6) is 11.6 Å². The van der Waals surface area contributed by atoms with Gasteiger partial charge in [0.05, 0.1) is 22.8 Å². The number of carbonyl (C=O) groups is 1. The Morgan fingerprint density at radius 2 is 1.86 bits per heavy atom. The Kier molecular flexibility index (Phi) is 6.02. The molecule has 6 nitrogen and oxygen atoms in total. The number of carbonyl (C=O) groups excluding carboxylic acids is 1. The van der Waals surface area contributed by atoms with Crippen LogP contribution in [-0.2, 0) is 17.6 Å². The van der Waals surface area contributed by atoms with Crippen molar-refractivity contribution in [3.8, 4) is 11.6 Å². The molecule has 1 aliphatic heterocycles. The van der Waals surface area contributed by atoms with Crippen LogP contribution < -0.4 is 15.6 Å². The Labute approximate surface area is 221 Å². The van der Waals surface area contributed by atoms with E-state index in [9.17, 15) is 9.59 Å². The quantitative estimate of drug-likeness (QED) is 0.262. The molecule has 6 rings (SSSR count). The van der Waals surface area contributed by atoms with Gasteiger partial charge in [-0.05, 0) is 47.9 Å². The van der Waals surface area contributed by atoms with E-state index in [1.54, 1.807) is 23.5 Å². The molecule has 1 atom stereocenters. The normalized spacial score (nSPS) is 14.1. The van der Waals surface area contributed by atoms with Crippen LogP contribution in [0.2, 0.25) is 5.02 Å². The standard InChI is InChI=1S/C29H22ClN3O3S/c1-2-16-7-6-10-20-25-27(37-26(16)20)23(17-11-13-18(30)14-12-17)24-28(35)32-21(33-29(24)36-25)15-22(34)31-19-8-4-3-5-9-19/h3-14,23H,2,15H2,1H3,(H,31,34)(H,32,33,35). The number of ether oxygens (including phenoxy) is 1. The molecule has 37 heavy (non-hydrogen) atoms. The van der Waals surface area contributed by atoms with Crippen molar-refractivity contribution in [2.45, 2.75) is 25.7 Å². The van der Waals surface area contributed by atoms with Gasteiger partial charge < -0.3 is 15.0 Å². The molecule has 184 valence electrons. The van der Waals surface area contributed by atoms with E-state index >= 15 is 0 Å². The monoisotopic (exact) mass is 527 g/mol. The molecule has 5 aromatic rings. The number of hydrogen-bond donors (Lipinski definition) is 2. The van der Waals surface area contributed by atoms with Crippen molar-refractivity contribution in [1.82, 2.24) is 9.97 Å². The Balaban J connectivity index is 1.46. The Hall–Kier alpha value is -3.94. The number of thiophene rings is 1. The van der Waals surface area contributed by atoms with Crippen molar-refractivity contribution in [1.29, 1.82) is 0 Å². The largest absolute Gasteiger partial charge is 0.437 e. The van der Waals surface area contributed by atoms with Gasteiger partial charge >= 0.3 is 0 Å². The van der Waals surface area contributed by atoms with Crippen LogP contribution in [0.3, 0.4) is 0 Å². The van der Waals surface area contributed by atoms with Crippen molar-refractivity contribution in [3.63, 3.8) is 0 Å². The molecule has 0 radical (unpaired) electrons.